The molecule has 124 valence electrons. The zero-order chi connectivity index (χ0) is 17.6. The second kappa shape index (κ2) is 5.90. The number of benzene rings is 2. The number of carboxylic acid groups (broad SMARTS) is 1. The Kier molecular flexibility index (Phi) is 3.70. The first-order valence-electron chi connectivity index (χ1n) is 7.82. The Labute approximate surface area is 148 Å². The number of fused-ring (bicyclic) bond motifs is 2. The van der Waals surface area contributed by atoms with E-state index in [0.717, 1.165) is 11.1 Å². The number of aromatic carboxylic acids is 1. The maximum absolute atomic E-state index is 12.7. The van der Waals surface area contributed by atoms with Crippen molar-refractivity contribution in [1.82, 2.24) is 0 Å². The van der Waals surface area contributed by atoms with Crippen molar-refractivity contribution in [3.05, 3.63) is 80.2 Å². The van der Waals surface area contributed by atoms with Gasteiger partial charge in [-0.1, -0.05) is 23.7 Å². The summed E-state index contributed by atoms with van der Waals surface area (Å²) >= 11 is 5.91. The molecule has 2 aromatic carbocycles. The van der Waals surface area contributed by atoms with Crippen LogP contribution in [0.15, 0.2) is 51.7 Å². The molecule has 1 heterocycles. The summed E-state index contributed by atoms with van der Waals surface area (Å²) in [6.45, 7) is 0. The smallest absolute Gasteiger partial charge is 0.335 e. The minimum Gasteiger partial charge on any atom is -0.478 e. The van der Waals surface area contributed by atoms with E-state index in [1.54, 1.807) is 6.07 Å². The molecule has 25 heavy (non-hydrogen) atoms. The van der Waals surface area contributed by atoms with Crippen LogP contribution < -0.4 is 5.43 Å². The first kappa shape index (κ1) is 15.7. The van der Waals surface area contributed by atoms with Crippen molar-refractivity contribution in [2.24, 2.45) is 0 Å². The number of carboxylic acids is 1. The molecule has 1 aromatic heterocycles. The summed E-state index contributed by atoms with van der Waals surface area (Å²) < 4.78 is 5.94. The van der Waals surface area contributed by atoms with Gasteiger partial charge >= 0.3 is 5.97 Å². The molecule has 0 atom stereocenters. The van der Waals surface area contributed by atoms with Gasteiger partial charge in [-0.2, -0.15) is 0 Å². The normalized spacial score (nSPS) is 14.8. The van der Waals surface area contributed by atoms with Crippen LogP contribution in [-0.4, -0.2) is 11.1 Å². The standard InChI is InChI=1S/C20H13ClO4/c21-14-5-1-11(2-6-14)9-12-3-7-15-18(22)16-10-13(20(23)24)4-8-17(16)25-19(12)15/h1-2,4-6,8-10H,3,7H2,(H,23,24)/b12-9+. The Morgan fingerprint density at radius 3 is 2.60 bits per heavy atom. The molecule has 1 N–H and O–H groups in total. The quantitative estimate of drug-likeness (QED) is 0.730. The number of hydrogen-bond donors (Lipinski definition) is 1. The van der Waals surface area contributed by atoms with Crippen LogP contribution in [0, 0.1) is 0 Å². The van der Waals surface area contributed by atoms with Crippen molar-refractivity contribution in [2.75, 3.05) is 0 Å². The summed E-state index contributed by atoms with van der Waals surface area (Å²) in [4.78, 5) is 23.9. The van der Waals surface area contributed by atoms with Crippen LogP contribution in [0.5, 0.6) is 0 Å². The van der Waals surface area contributed by atoms with Crippen molar-refractivity contribution >= 4 is 40.2 Å². The van der Waals surface area contributed by atoms with Crippen molar-refractivity contribution in [3.63, 3.8) is 0 Å². The van der Waals surface area contributed by atoms with Gasteiger partial charge in [-0.25, -0.2) is 4.79 Å². The predicted molar refractivity (Wildman–Crippen MR) is 97.1 cm³/mol. The summed E-state index contributed by atoms with van der Waals surface area (Å²) in [6, 6.07) is 11.8. The molecule has 0 radical (unpaired) electrons. The van der Waals surface area contributed by atoms with Crippen LogP contribution >= 0.6 is 11.6 Å². The largest absolute Gasteiger partial charge is 0.478 e. The lowest BCUT2D eigenvalue weighted by molar-refractivity contribution is 0.0697. The molecule has 1 aliphatic rings. The van der Waals surface area contributed by atoms with Gasteiger partial charge in [0.25, 0.3) is 0 Å². The van der Waals surface area contributed by atoms with Crippen LogP contribution in [0.25, 0.3) is 22.6 Å². The van der Waals surface area contributed by atoms with Gasteiger partial charge in [-0.15, -0.1) is 0 Å². The lowest BCUT2D eigenvalue weighted by Gasteiger charge is -2.05. The third kappa shape index (κ3) is 2.75. The topological polar surface area (TPSA) is 67.5 Å². The van der Waals surface area contributed by atoms with Gasteiger partial charge in [-0.05, 0) is 60.4 Å². The molecular formula is C20H13ClO4. The van der Waals surface area contributed by atoms with E-state index in [-0.39, 0.29) is 11.0 Å². The van der Waals surface area contributed by atoms with Crippen LogP contribution in [0.2, 0.25) is 5.02 Å². The second-order valence-electron chi connectivity index (χ2n) is 5.98. The molecule has 0 saturated heterocycles. The number of halogens is 1. The Balaban J connectivity index is 1.87. The van der Waals surface area contributed by atoms with Crippen molar-refractivity contribution in [3.8, 4) is 0 Å². The van der Waals surface area contributed by atoms with Gasteiger partial charge in [0, 0.05) is 10.6 Å². The molecule has 0 saturated carbocycles. The molecule has 0 bridgehead atoms. The summed E-state index contributed by atoms with van der Waals surface area (Å²) in [5.74, 6) is -0.472. The van der Waals surface area contributed by atoms with Crippen LogP contribution in [-0.2, 0) is 6.42 Å². The monoisotopic (exact) mass is 352 g/mol. The molecule has 5 heteroatoms. The highest BCUT2D eigenvalue weighted by atomic mass is 35.5. The number of carbonyl (C=O) groups is 1. The molecule has 0 aliphatic heterocycles. The van der Waals surface area contributed by atoms with E-state index in [0.29, 0.717) is 40.2 Å². The molecule has 0 amide bonds. The van der Waals surface area contributed by atoms with Gasteiger partial charge in [0.05, 0.1) is 10.9 Å². The minimum absolute atomic E-state index is 0.0784. The van der Waals surface area contributed by atoms with E-state index < -0.39 is 5.97 Å². The van der Waals surface area contributed by atoms with Gasteiger partial charge in [0.1, 0.15) is 11.3 Å². The summed E-state index contributed by atoms with van der Waals surface area (Å²) in [6.07, 6.45) is 3.28. The SMILES string of the molecule is O=C(O)c1ccc2oc3c(c(=O)c2c1)CC/C3=C\c1ccc(Cl)cc1. The Hall–Kier alpha value is -2.85. The highest BCUT2D eigenvalue weighted by Crippen LogP contribution is 2.34. The third-order valence-electron chi connectivity index (χ3n) is 4.38. The summed E-state index contributed by atoms with van der Waals surface area (Å²) in [5, 5.41) is 10.1. The van der Waals surface area contributed by atoms with E-state index in [2.05, 4.69) is 0 Å². The number of rotatable bonds is 2. The van der Waals surface area contributed by atoms with Crippen molar-refractivity contribution < 1.29 is 14.3 Å². The molecule has 0 fully saturated rings. The van der Waals surface area contributed by atoms with Crippen molar-refractivity contribution in [2.45, 2.75) is 12.8 Å². The fourth-order valence-corrected chi connectivity index (χ4v) is 3.25. The predicted octanol–water partition coefficient (Wildman–Crippen LogP) is 4.63. The summed E-state index contributed by atoms with van der Waals surface area (Å²) in [7, 11) is 0. The lowest BCUT2D eigenvalue weighted by atomic mass is 10.1. The first-order valence-corrected chi connectivity index (χ1v) is 8.20. The van der Waals surface area contributed by atoms with Crippen LogP contribution in [0.4, 0.5) is 0 Å². The number of hydrogen-bond acceptors (Lipinski definition) is 3. The zero-order valence-electron chi connectivity index (χ0n) is 13.1. The maximum Gasteiger partial charge on any atom is 0.335 e. The Morgan fingerprint density at radius 2 is 1.88 bits per heavy atom. The third-order valence-corrected chi connectivity index (χ3v) is 4.63. The molecule has 4 rings (SSSR count). The van der Waals surface area contributed by atoms with Crippen LogP contribution in [0.3, 0.4) is 0 Å². The molecule has 4 nitrogen and oxygen atoms in total. The lowest BCUT2D eigenvalue weighted by Crippen LogP contribution is -2.09. The minimum atomic E-state index is -1.06. The highest BCUT2D eigenvalue weighted by Gasteiger charge is 2.24. The number of allylic oxidation sites excluding steroid dienone is 1. The fourth-order valence-electron chi connectivity index (χ4n) is 3.12. The Morgan fingerprint density at radius 1 is 1.12 bits per heavy atom. The van der Waals surface area contributed by atoms with Crippen LogP contribution in [0.1, 0.15) is 33.7 Å². The van der Waals surface area contributed by atoms with E-state index >= 15 is 0 Å². The van der Waals surface area contributed by atoms with Gasteiger partial charge in [-0.3, -0.25) is 4.79 Å². The van der Waals surface area contributed by atoms with Crippen molar-refractivity contribution in [1.29, 1.82) is 0 Å². The van der Waals surface area contributed by atoms with Gasteiger partial charge in [0.2, 0.25) is 0 Å². The van der Waals surface area contributed by atoms with E-state index in [1.165, 1.54) is 12.1 Å². The fraction of sp³-hybridized carbons (Fsp3) is 0.100. The van der Waals surface area contributed by atoms with E-state index in [1.807, 2.05) is 30.3 Å². The summed E-state index contributed by atoms with van der Waals surface area (Å²) in [5.41, 5.74) is 2.87. The maximum atomic E-state index is 12.7. The highest BCUT2D eigenvalue weighted by molar-refractivity contribution is 6.30. The van der Waals surface area contributed by atoms with Gasteiger partial charge < -0.3 is 9.52 Å². The second-order valence-corrected chi connectivity index (χ2v) is 6.41. The average molecular weight is 353 g/mol. The molecule has 0 unspecified atom stereocenters. The molecule has 1 aliphatic carbocycles. The Bertz CT molecular complexity index is 1090. The average Bonchev–Trinajstić information content (AvgIpc) is 3.00. The van der Waals surface area contributed by atoms with E-state index in [9.17, 15) is 9.59 Å². The molecule has 3 aromatic rings. The molecule has 0 spiro atoms. The van der Waals surface area contributed by atoms with Gasteiger partial charge in [0.15, 0.2) is 5.43 Å². The molecular weight excluding hydrogens is 340 g/mol. The zero-order valence-corrected chi connectivity index (χ0v) is 13.8. The van der Waals surface area contributed by atoms with E-state index in [4.69, 9.17) is 21.1 Å². The first-order chi connectivity index (χ1) is 12.0.